The first-order valence-electron chi connectivity index (χ1n) is 7.21. The summed E-state index contributed by atoms with van der Waals surface area (Å²) in [5.41, 5.74) is 1.12. The highest BCUT2D eigenvalue weighted by Crippen LogP contribution is 2.23. The number of benzene rings is 1. The lowest BCUT2D eigenvalue weighted by Gasteiger charge is -2.24. The molecule has 1 atom stereocenters. The summed E-state index contributed by atoms with van der Waals surface area (Å²) in [5.74, 6) is 0. The Morgan fingerprint density at radius 2 is 1.95 bits per heavy atom. The van der Waals surface area contributed by atoms with Crippen LogP contribution in [0.5, 0.6) is 0 Å². The molecule has 1 aromatic carbocycles. The van der Waals surface area contributed by atoms with Crippen LogP contribution < -0.4 is 10.0 Å². The molecule has 2 N–H and O–H groups in total. The number of hydrogen-bond acceptors (Lipinski definition) is 4. The Kier molecular flexibility index (Phi) is 5.03. The second-order valence-corrected chi connectivity index (χ2v) is 8.09. The molecule has 6 heteroatoms. The number of sulfonamides is 1. The number of nitrogens with one attached hydrogen (secondary N) is 2. The van der Waals surface area contributed by atoms with Gasteiger partial charge in [0.2, 0.25) is 10.0 Å². The van der Waals surface area contributed by atoms with Gasteiger partial charge in [-0.05, 0) is 23.1 Å². The lowest BCUT2D eigenvalue weighted by molar-refractivity contribution is 0.0324. The van der Waals surface area contributed by atoms with Crippen LogP contribution in [-0.4, -0.2) is 40.8 Å². The molecule has 0 bridgehead atoms. The Morgan fingerprint density at radius 3 is 2.48 bits per heavy atom. The van der Waals surface area contributed by atoms with Gasteiger partial charge in [-0.25, -0.2) is 13.1 Å². The summed E-state index contributed by atoms with van der Waals surface area (Å²) >= 11 is 0. The molecule has 0 spiro atoms. The van der Waals surface area contributed by atoms with Gasteiger partial charge in [0, 0.05) is 19.6 Å². The molecule has 2 rings (SSSR count). The average Bonchev–Trinajstić information content (AvgIpc) is 2.46. The van der Waals surface area contributed by atoms with Crippen molar-refractivity contribution in [3.8, 4) is 0 Å². The monoisotopic (exact) mass is 312 g/mol. The highest BCUT2D eigenvalue weighted by Gasteiger charge is 2.20. The molecular weight excluding hydrogens is 288 g/mol. The molecule has 5 nitrogen and oxygen atoms in total. The van der Waals surface area contributed by atoms with Crippen LogP contribution in [0.4, 0.5) is 0 Å². The SMILES string of the molecule is CC(C)(C)c1ccc(S(=O)(=O)NCC2CNCCO2)cc1. The van der Waals surface area contributed by atoms with E-state index in [-0.39, 0.29) is 18.1 Å². The molecule has 0 radical (unpaired) electrons. The maximum Gasteiger partial charge on any atom is 0.240 e. The Bertz CT molecular complexity index is 556. The van der Waals surface area contributed by atoms with Gasteiger partial charge in [-0.3, -0.25) is 0 Å². The third-order valence-electron chi connectivity index (χ3n) is 3.54. The van der Waals surface area contributed by atoms with Crippen LogP contribution in [0, 0.1) is 0 Å². The van der Waals surface area contributed by atoms with E-state index in [1.807, 2.05) is 12.1 Å². The zero-order valence-corrected chi connectivity index (χ0v) is 13.7. The van der Waals surface area contributed by atoms with E-state index in [1.165, 1.54) is 0 Å². The van der Waals surface area contributed by atoms with Gasteiger partial charge in [0.15, 0.2) is 0 Å². The van der Waals surface area contributed by atoms with Gasteiger partial charge < -0.3 is 10.1 Å². The molecule has 0 amide bonds. The first-order chi connectivity index (χ1) is 9.79. The highest BCUT2D eigenvalue weighted by molar-refractivity contribution is 7.89. The minimum absolute atomic E-state index is 0.0112. The van der Waals surface area contributed by atoms with E-state index in [9.17, 15) is 8.42 Å². The summed E-state index contributed by atoms with van der Waals surface area (Å²) in [6.45, 7) is 8.69. The van der Waals surface area contributed by atoms with Crippen LogP contribution in [0.1, 0.15) is 26.3 Å². The van der Waals surface area contributed by atoms with E-state index in [4.69, 9.17) is 4.74 Å². The summed E-state index contributed by atoms with van der Waals surface area (Å²) in [6, 6.07) is 7.05. The lowest BCUT2D eigenvalue weighted by atomic mass is 9.87. The van der Waals surface area contributed by atoms with Crippen LogP contribution in [0.15, 0.2) is 29.2 Å². The van der Waals surface area contributed by atoms with Crippen molar-refractivity contribution in [2.45, 2.75) is 37.2 Å². The molecule has 1 fully saturated rings. The summed E-state index contributed by atoms with van der Waals surface area (Å²) in [7, 11) is -3.48. The smallest absolute Gasteiger partial charge is 0.240 e. The van der Waals surface area contributed by atoms with Crippen LogP contribution in [0.3, 0.4) is 0 Å². The normalized spacial score (nSPS) is 20.4. The van der Waals surface area contributed by atoms with Crippen molar-refractivity contribution in [3.63, 3.8) is 0 Å². The van der Waals surface area contributed by atoms with Crippen LogP contribution in [0.25, 0.3) is 0 Å². The zero-order chi connectivity index (χ0) is 15.5. The number of morpholine rings is 1. The minimum atomic E-state index is -3.48. The first-order valence-corrected chi connectivity index (χ1v) is 8.70. The Balaban J connectivity index is 2.01. The van der Waals surface area contributed by atoms with Crippen LogP contribution in [-0.2, 0) is 20.2 Å². The van der Waals surface area contributed by atoms with E-state index < -0.39 is 10.0 Å². The van der Waals surface area contributed by atoms with Crippen molar-refractivity contribution in [1.82, 2.24) is 10.0 Å². The summed E-state index contributed by atoms with van der Waals surface area (Å²) < 4.78 is 32.6. The second kappa shape index (κ2) is 6.44. The maximum absolute atomic E-state index is 12.2. The van der Waals surface area contributed by atoms with E-state index in [2.05, 4.69) is 30.8 Å². The predicted molar refractivity (Wildman–Crippen MR) is 82.9 cm³/mol. The van der Waals surface area contributed by atoms with E-state index in [0.717, 1.165) is 12.1 Å². The zero-order valence-electron chi connectivity index (χ0n) is 12.8. The van der Waals surface area contributed by atoms with E-state index in [1.54, 1.807) is 12.1 Å². The molecule has 1 saturated heterocycles. The lowest BCUT2D eigenvalue weighted by Crippen LogP contribution is -2.45. The molecule has 0 saturated carbocycles. The number of ether oxygens (including phenoxy) is 1. The van der Waals surface area contributed by atoms with Crippen LogP contribution >= 0.6 is 0 Å². The van der Waals surface area contributed by atoms with Gasteiger partial charge in [-0.15, -0.1) is 0 Å². The van der Waals surface area contributed by atoms with Crippen molar-refractivity contribution in [1.29, 1.82) is 0 Å². The molecule has 118 valence electrons. The van der Waals surface area contributed by atoms with Gasteiger partial charge in [0.05, 0.1) is 17.6 Å². The number of hydrogen-bond donors (Lipinski definition) is 2. The standard InChI is InChI=1S/C15H24N2O3S/c1-15(2,3)12-4-6-14(7-5-12)21(18,19)17-11-13-10-16-8-9-20-13/h4-7,13,16-17H,8-11H2,1-3H3. The first kappa shape index (κ1) is 16.4. The van der Waals surface area contributed by atoms with Crippen molar-refractivity contribution >= 4 is 10.0 Å². The molecule has 1 aromatic rings. The van der Waals surface area contributed by atoms with Crippen molar-refractivity contribution in [2.24, 2.45) is 0 Å². The molecule has 0 aromatic heterocycles. The Hall–Kier alpha value is -0.950. The molecule has 1 aliphatic heterocycles. The quantitative estimate of drug-likeness (QED) is 0.878. The van der Waals surface area contributed by atoms with Crippen molar-refractivity contribution in [2.75, 3.05) is 26.2 Å². The van der Waals surface area contributed by atoms with Gasteiger partial charge >= 0.3 is 0 Å². The minimum Gasteiger partial charge on any atom is -0.374 e. The summed E-state index contributed by atoms with van der Waals surface area (Å²) in [4.78, 5) is 0.291. The maximum atomic E-state index is 12.2. The summed E-state index contributed by atoms with van der Waals surface area (Å²) in [5, 5.41) is 3.18. The fraction of sp³-hybridized carbons (Fsp3) is 0.600. The average molecular weight is 312 g/mol. The third kappa shape index (κ3) is 4.51. The molecular formula is C15H24N2O3S. The number of rotatable bonds is 4. The molecule has 0 aliphatic carbocycles. The Labute approximate surface area is 127 Å². The van der Waals surface area contributed by atoms with Crippen LogP contribution in [0.2, 0.25) is 0 Å². The molecule has 1 heterocycles. The summed E-state index contributed by atoms with van der Waals surface area (Å²) in [6.07, 6.45) is -0.109. The van der Waals surface area contributed by atoms with Gasteiger partial charge in [-0.2, -0.15) is 0 Å². The van der Waals surface area contributed by atoms with Gasteiger partial charge in [-0.1, -0.05) is 32.9 Å². The molecule has 1 unspecified atom stereocenters. The fourth-order valence-corrected chi connectivity index (χ4v) is 3.24. The van der Waals surface area contributed by atoms with E-state index in [0.29, 0.717) is 18.0 Å². The van der Waals surface area contributed by atoms with Crippen molar-refractivity contribution in [3.05, 3.63) is 29.8 Å². The molecule has 21 heavy (non-hydrogen) atoms. The van der Waals surface area contributed by atoms with Crippen molar-refractivity contribution < 1.29 is 13.2 Å². The molecule has 1 aliphatic rings. The fourth-order valence-electron chi connectivity index (χ4n) is 2.17. The third-order valence-corrected chi connectivity index (χ3v) is 4.98. The van der Waals surface area contributed by atoms with Gasteiger partial charge in [0.25, 0.3) is 0 Å². The Morgan fingerprint density at radius 1 is 1.29 bits per heavy atom. The van der Waals surface area contributed by atoms with Gasteiger partial charge in [0.1, 0.15) is 0 Å². The predicted octanol–water partition coefficient (Wildman–Crippen LogP) is 1.25. The second-order valence-electron chi connectivity index (χ2n) is 6.32. The largest absolute Gasteiger partial charge is 0.374 e. The van der Waals surface area contributed by atoms with E-state index >= 15 is 0 Å². The topological polar surface area (TPSA) is 67.4 Å². The highest BCUT2D eigenvalue weighted by atomic mass is 32.2.